The topological polar surface area (TPSA) is 279 Å². The number of phosphoric acid groups is 3. The molecule has 2 unspecified atom stereocenters. The molecular weight excluding hydrogens is 492 g/mol. The molecule has 0 saturated carbocycles. The summed E-state index contributed by atoms with van der Waals surface area (Å²) < 4.78 is 52.1. The van der Waals surface area contributed by atoms with Gasteiger partial charge in [0.05, 0.1) is 19.0 Å². The van der Waals surface area contributed by atoms with Gasteiger partial charge in [0, 0.05) is 6.42 Å². The molecule has 1 aliphatic heterocycles. The van der Waals surface area contributed by atoms with Crippen LogP contribution in [0.4, 0.5) is 5.95 Å². The molecule has 0 aromatic carbocycles. The highest BCUT2D eigenvalue weighted by Crippen LogP contribution is 2.66. The number of nitrogens with two attached hydrogens (primary N) is 1. The number of imidazole rings is 1. The predicted octanol–water partition coefficient (Wildman–Crippen LogP) is -1.31. The molecule has 0 spiro atoms. The second-order valence-electron chi connectivity index (χ2n) is 6.09. The third kappa shape index (κ3) is 6.04. The molecule has 8 N–H and O–H groups in total. The van der Waals surface area contributed by atoms with Crippen LogP contribution in [0.2, 0.25) is 0 Å². The first-order valence-electron chi connectivity index (χ1n) is 8.00. The number of H-pyrrole nitrogens is 1. The summed E-state index contributed by atoms with van der Waals surface area (Å²) in [6.45, 7) is -0.843. The van der Waals surface area contributed by atoms with Crippen LogP contribution in [-0.2, 0) is 31.6 Å². The summed E-state index contributed by atoms with van der Waals surface area (Å²) in [5.41, 5.74) is 4.89. The van der Waals surface area contributed by atoms with Gasteiger partial charge in [-0.15, -0.1) is 0 Å². The van der Waals surface area contributed by atoms with Crippen molar-refractivity contribution in [1.29, 1.82) is 0 Å². The summed E-state index contributed by atoms with van der Waals surface area (Å²) in [6.07, 6.45) is -2.36. The molecule has 2 aromatic rings. The second kappa shape index (κ2) is 8.44. The Morgan fingerprint density at radius 2 is 1.90 bits per heavy atom. The van der Waals surface area contributed by atoms with Crippen molar-refractivity contribution in [3.05, 3.63) is 16.7 Å². The zero-order valence-electron chi connectivity index (χ0n) is 15.0. The van der Waals surface area contributed by atoms with Crippen molar-refractivity contribution in [2.45, 2.75) is 24.9 Å². The summed E-state index contributed by atoms with van der Waals surface area (Å²) in [5, 5.41) is 10.1. The maximum Gasteiger partial charge on any atom is 0.490 e. The first-order chi connectivity index (χ1) is 14.2. The molecule has 3 rings (SSSR count). The molecule has 31 heavy (non-hydrogen) atoms. The standard InChI is InChI=1S/C10H16N5O13P3/c11-10-13-8-7(9(17)14-10)12-3-15(8)6-1-4(16)5(26-6)2-25-30(21,22)28-31(23,24)27-29(18,19)20/h3-6,16H,1-2H2,(H,21,22)(H,23,24)(H2,18,19,20)(H3,11,13,14,17)/t4-,5+,6+/m0/s1/i30+1. The number of aromatic amines is 1. The lowest BCUT2D eigenvalue weighted by molar-refractivity contribution is -0.0423. The van der Waals surface area contributed by atoms with Crippen LogP contribution in [-0.4, -0.2) is 63.0 Å². The molecule has 18 nitrogen and oxygen atoms in total. The first kappa shape index (κ1) is 24.1. The Kier molecular flexibility index (Phi) is 6.57. The number of ether oxygens (including phenoxy) is 1. The zero-order chi connectivity index (χ0) is 23.2. The van der Waals surface area contributed by atoms with Crippen molar-refractivity contribution in [1.82, 2.24) is 19.5 Å². The van der Waals surface area contributed by atoms with Crippen molar-refractivity contribution in [2.75, 3.05) is 12.3 Å². The Morgan fingerprint density at radius 1 is 1.23 bits per heavy atom. The summed E-state index contributed by atoms with van der Waals surface area (Å²) in [5.74, 6) is -0.193. The van der Waals surface area contributed by atoms with E-state index in [0.717, 1.165) is 0 Å². The van der Waals surface area contributed by atoms with E-state index in [2.05, 4.69) is 28.1 Å². The highest BCUT2D eigenvalue weighted by molar-refractivity contribution is 7.66. The average molecular weight is 508 g/mol. The van der Waals surface area contributed by atoms with Crippen molar-refractivity contribution < 1.29 is 56.3 Å². The van der Waals surface area contributed by atoms with Crippen LogP contribution in [0.15, 0.2) is 11.1 Å². The number of nitrogens with one attached hydrogen (secondary N) is 1. The fraction of sp³-hybridized carbons (Fsp3) is 0.500. The van der Waals surface area contributed by atoms with Crippen LogP contribution in [0.5, 0.6) is 0 Å². The Labute approximate surface area is 171 Å². The lowest BCUT2D eigenvalue weighted by atomic mass is 10.2. The van der Waals surface area contributed by atoms with Gasteiger partial charge in [-0.3, -0.25) is 18.9 Å². The summed E-state index contributed by atoms with van der Waals surface area (Å²) in [6, 6.07) is 0. The van der Waals surface area contributed by atoms with Gasteiger partial charge in [-0.1, -0.05) is 0 Å². The smallest absolute Gasteiger partial charge is 0.390 e. The fourth-order valence-electron chi connectivity index (χ4n) is 2.66. The van der Waals surface area contributed by atoms with E-state index in [4.69, 9.17) is 25.2 Å². The van der Waals surface area contributed by atoms with Gasteiger partial charge in [-0.25, -0.2) is 18.7 Å². The second-order valence-corrected chi connectivity index (χ2v) is 10.5. The molecule has 0 bridgehead atoms. The number of rotatable bonds is 8. The average Bonchev–Trinajstić information content (AvgIpc) is 3.13. The molecule has 2 aromatic heterocycles. The monoisotopic (exact) mass is 508 g/mol. The van der Waals surface area contributed by atoms with Crippen molar-refractivity contribution in [3.8, 4) is 0 Å². The molecule has 5 atom stereocenters. The molecule has 0 amide bonds. The summed E-state index contributed by atoms with van der Waals surface area (Å²) >= 11 is 0. The predicted molar refractivity (Wildman–Crippen MR) is 96.9 cm³/mol. The van der Waals surface area contributed by atoms with E-state index in [9.17, 15) is 28.5 Å². The van der Waals surface area contributed by atoms with E-state index < -0.39 is 54.1 Å². The quantitative estimate of drug-likeness (QED) is 0.204. The van der Waals surface area contributed by atoms with Gasteiger partial charge in [-0.2, -0.15) is 13.6 Å². The first-order valence-corrected chi connectivity index (χ1v) is 12.5. The van der Waals surface area contributed by atoms with Crippen molar-refractivity contribution in [3.63, 3.8) is 0 Å². The minimum absolute atomic E-state index is 0.0481. The maximum atomic E-state index is 11.8. The van der Waals surface area contributed by atoms with Gasteiger partial charge in [0.15, 0.2) is 11.2 Å². The summed E-state index contributed by atoms with van der Waals surface area (Å²) in [7, 11) is -16.6. The molecule has 0 aliphatic carbocycles. The molecule has 0 radical (unpaired) electrons. The molecular formula is C10H16N5O13P3. The zero-order valence-corrected chi connectivity index (χ0v) is 17.7. The van der Waals surface area contributed by atoms with Crippen LogP contribution in [0.25, 0.3) is 11.2 Å². The van der Waals surface area contributed by atoms with Crippen LogP contribution >= 0.6 is 23.5 Å². The normalized spacial score (nSPS) is 26.0. The van der Waals surface area contributed by atoms with E-state index >= 15 is 0 Å². The number of nitrogen functional groups attached to an aromatic ring is 1. The molecule has 1 aliphatic rings. The van der Waals surface area contributed by atoms with Crippen molar-refractivity contribution >= 4 is 40.6 Å². The van der Waals surface area contributed by atoms with Gasteiger partial charge in [0.25, 0.3) is 5.56 Å². The number of hydrogen-bond donors (Lipinski definition) is 7. The van der Waals surface area contributed by atoms with Gasteiger partial charge >= 0.3 is 23.5 Å². The maximum absolute atomic E-state index is 11.8. The highest BCUT2D eigenvalue weighted by Gasteiger charge is 2.43. The molecule has 21 heteroatoms. The molecule has 1 fully saturated rings. The minimum atomic E-state index is -5.67. The number of hydrogen-bond acceptors (Lipinski definition) is 12. The van der Waals surface area contributed by atoms with E-state index in [1.54, 1.807) is 0 Å². The molecule has 3 heterocycles. The number of nitrogens with zero attached hydrogens (tertiary/aromatic N) is 3. The van der Waals surface area contributed by atoms with Crippen LogP contribution < -0.4 is 11.3 Å². The van der Waals surface area contributed by atoms with E-state index in [1.165, 1.54) is 10.9 Å². The van der Waals surface area contributed by atoms with Crippen LogP contribution in [0.3, 0.4) is 0 Å². The number of aromatic nitrogens is 4. The van der Waals surface area contributed by atoms with E-state index in [1.807, 2.05) is 0 Å². The number of anilines is 1. The third-order valence-corrected chi connectivity index (χ3v) is 7.59. The number of fused-ring (bicyclic) bond motifs is 1. The highest BCUT2D eigenvalue weighted by atomic mass is 32.2. The van der Waals surface area contributed by atoms with Gasteiger partial charge in [0.1, 0.15) is 12.3 Å². The molecule has 1 saturated heterocycles. The largest absolute Gasteiger partial charge is 0.490 e. The van der Waals surface area contributed by atoms with Crippen molar-refractivity contribution in [2.24, 2.45) is 0 Å². The summed E-state index contributed by atoms with van der Waals surface area (Å²) in [4.78, 5) is 57.5. The Hall–Kier alpha value is -1.52. The third-order valence-electron chi connectivity index (χ3n) is 3.78. The Morgan fingerprint density at radius 3 is 2.55 bits per heavy atom. The lowest BCUT2D eigenvalue weighted by Crippen LogP contribution is -2.26. The Balaban J connectivity index is 1.67. The van der Waals surface area contributed by atoms with Gasteiger partial charge < -0.3 is 35.2 Å². The van der Waals surface area contributed by atoms with Crippen LogP contribution in [0, 0.1) is 0 Å². The van der Waals surface area contributed by atoms with E-state index in [0.29, 0.717) is 0 Å². The van der Waals surface area contributed by atoms with Gasteiger partial charge in [-0.05, 0) is 0 Å². The fourth-order valence-corrected chi connectivity index (χ4v) is 5.69. The minimum Gasteiger partial charge on any atom is -0.390 e. The van der Waals surface area contributed by atoms with Gasteiger partial charge in [0.2, 0.25) is 5.95 Å². The SMILES string of the molecule is Nc1nc2c(ncn2[C@H]2C[C@H](O)[C@@H](CO[32P](=O)(O)OP(=O)(O)OP(=O)(O)O)O2)c(=O)[nH]1. The van der Waals surface area contributed by atoms with Crippen LogP contribution in [0.1, 0.15) is 12.6 Å². The van der Waals surface area contributed by atoms with E-state index in [-0.39, 0.29) is 23.5 Å². The molecule has 174 valence electrons. The number of aliphatic hydroxyl groups is 1. The lowest BCUT2D eigenvalue weighted by Gasteiger charge is -2.19. The Bertz CT molecular complexity index is 1170. The number of phosphoric ester groups is 1. The number of aliphatic hydroxyl groups excluding tert-OH is 1.